The molecule has 0 unspecified atom stereocenters. The van der Waals surface area contributed by atoms with Crippen LogP contribution < -0.4 is 10.2 Å². The molecule has 0 fully saturated rings. The topological polar surface area (TPSA) is 104 Å². The van der Waals surface area contributed by atoms with E-state index in [4.69, 9.17) is 9.68 Å². The third kappa shape index (κ3) is 7.12. The van der Waals surface area contributed by atoms with Crippen molar-refractivity contribution >= 4 is 28.8 Å². The maximum atomic E-state index is 13.8. The standard InChI is InChI=1S/C36H28FN5O3S/c37-29-11-7-28(8-12-29)36(44)42(23-31-21-39-24-41(31)22-26-5-3-25(20-38)4-6-26)30-13-9-27(10-14-30)33-15-16-34(45-33)35(43)40-18-17-32-2-1-19-46-32/h1-16,19,21,24H,17-18,22-23H2,(H,40,43). The number of imidazole rings is 1. The molecule has 6 rings (SSSR count). The Labute approximate surface area is 269 Å². The lowest BCUT2D eigenvalue weighted by Gasteiger charge is -2.24. The maximum Gasteiger partial charge on any atom is 0.287 e. The van der Waals surface area contributed by atoms with Gasteiger partial charge in [-0.15, -0.1) is 11.3 Å². The molecular weight excluding hydrogens is 601 g/mol. The van der Waals surface area contributed by atoms with Crippen LogP contribution in [0, 0.1) is 17.1 Å². The van der Waals surface area contributed by atoms with Crippen LogP contribution in [0.25, 0.3) is 11.3 Å². The number of nitrogens with one attached hydrogen (secondary N) is 1. The molecule has 0 aliphatic carbocycles. The van der Waals surface area contributed by atoms with Crippen molar-refractivity contribution in [1.82, 2.24) is 14.9 Å². The highest BCUT2D eigenvalue weighted by Gasteiger charge is 2.21. The van der Waals surface area contributed by atoms with Gasteiger partial charge < -0.3 is 19.2 Å². The summed E-state index contributed by atoms with van der Waals surface area (Å²) in [5, 5.41) is 14.0. The van der Waals surface area contributed by atoms with Crippen molar-refractivity contribution in [3.05, 3.63) is 154 Å². The second-order valence-electron chi connectivity index (χ2n) is 10.5. The summed E-state index contributed by atoms with van der Waals surface area (Å²) >= 11 is 1.65. The number of anilines is 1. The first kappa shape index (κ1) is 30.2. The number of thiophene rings is 1. The van der Waals surface area contributed by atoms with Crippen LogP contribution in [-0.2, 0) is 19.5 Å². The Bertz CT molecular complexity index is 1970. The van der Waals surface area contributed by atoms with Crippen molar-refractivity contribution in [2.24, 2.45) is 0 Å². The van der Waals surface area contributed by atoms with Gasteiger partial charge in [-0.25, -0.2) is 9.37 Å². The summed E-state index contributed by atoms with van der Waals surface area (Å²) in [7, 11) is 0. The number of carbonyl (C=O) groups is 2. The minimum absolute atomic E-state index is 0.197. The Morgan fingerprint density at radius 3 is 2.48 bits per heavy atom. The number of benzene rings is 3. The molecule has 3 aromatic heterocycles. The summed E-state index contributed by atoms with van der Waals surface area (Å²) in [4.78, 5) is 33.6. The highest BCUT2D eigenvalue weighted by molar-refractivity contribution is 7.09. The molecule has 8 nitrogen and oxygen atoms in total. The number of nitrogens with zero attached hydrogens (tertiary/aromatic N) is 4. The van der Waals surface area contributed by atoms with Gasteiger partial charge in [0.05, 0.1) is 30.2 Å². The SMILES string of the molecule is N#Cc1ccc(Cn2cncc2CN(C(=O)c2ccc(F)cc2)c2ccc(-c3ccc(C(=O)NCCc4cccs4)o3)cc2)cc1. The number of rotatable bonds is 11. The molecule has 0 saturated carbocycles. The largest absolute Gasteiger partial charge is 0.451 e. The van der Waals surface area contributed by atoms with Crippen molar-refractivity contribution in [3.8, 4) is 17.4 Å². The molecule has 3 aromatic carbocycles. The van der Waals surface area contributed by atoms with Crippen LogP contribution in [0.5, 0.6) is 0 Å². The monoisotopic (exact) mass is 629 g/mol. The Kier molecular flexibility index (Phi) is 9.13. The average molecular weight is 630 g/mol. The predicted molar refractivity (Wildman–Crippen MR) is 174 cm³/mol. The van der Waals surface area contributed by atoms with E-state index in [1.807, 2.05) is 46.3 Å². The van der Waals surface area contributed by atoms with Gasteiger partial charge in [-0.1, -0.05) is 18.2 Å². The molecule has 228 valence electrons. The number of nitriles is 1. The van der Waals surface area contributed by atoms with E-state index in [1.54, 1.807) is 65.2 Å². The Balaban J connectivity index is 1.20. The molecule has 0 aliphatic heterocycles. The Hall–Kier alpha value is -5.79. The summed E-state index contributed by atoms with van der Waals surface area (Å²) in [5.41, 5.74) is 4.03. The maximum absolute atomic E-state index is 13.8. The number of halogens is 1. The van der Waals surface area contributed by atoms with Gasteiger partial charge in [0.25, 0.3) is 11.8 Å². The van der Waals surface area contributed by atoms with Crippen molar-refractivity contribution in [2.45, 2.75) is 19.5 Å². The number of hydrogen-bond acceptors (Lipinski definition) is 6. The zero-order valence-corrected chi connectivity index (χ0v) is 25.4. The molecule has 6 aromatic rings. The van der Waals surface area contributed by atoms with E-state index in [0.717, 1.165) is 23.2 Å². The summed E-state index contributed by atoms with van der Waals surface area (Å²) in [6, 6.07) is 29.5. The zero-order chi connectivity index (χ0) is 31.9. The summed E-state index contributed by atoms with van der Waals surface area (Å²) in [6.07, 6.45) is 4.16. The number of amides is 2. The van der Waals surface area contributed by atoms with E-state index in [9.17, 15) is 14.0 Å². The van der Waals surface area contributed by atoms with E-state index in [0.29, 0.717) is 35.7 Å². The second kappa shape index (κ2) is 13.9. The van der Waals surface area contributed by atoms with E-state index < -0.39 is 5.82 Å². The van der Waals surface area contributed by atoms with E-state index in [1.165, 1.54) is 29.1 Å². The molecule has 0 spiro atoms. The summed E-state index contributed by atoms with van der Waals surface area (Å²) in [6.45, 7) is 1.21. The van der Waals surface area contributed by atoms with Crippen molar-refractivity contribution in [1.29, 1.82) is 5.26 Å². The third-order valence-corrected chi connectivity index (χ3v) is 8.36. The number of hydrogen-bond donors (Lipinski definition) is 1. The molecule has 0 bridgehead atoms. The molecular formula is C36H28FN5O3S. The molecule has 3 heterocycles. The summed E-state index contributed by atoms with van der Waals surface area (Å²) in [5.74, 6) is -0.283. The molecule has 1 N–H and O–H groups in total. The van der Waals surface area contributed by atoms with E-state index in [2.05, 4.69) is 16.4 Å². The molecule has 0 aliphatic rings. The minimum atomic E-state index is -0.429. The predicted octanol–water partition coefficient (Wildman–Crippen LogP) is 7.08. The lowest BCUT2D eigenvalue weighted by atomic mass is 10.1. The van der Waals surface area contributed by atoms with Crippen molar-refractivity contribution in [3.63, 3.8) is 0 Å². The van der Waals surface area contributed by atoms with Gasteiger partial charge in [0.2, 0.25) is 0 Å². The highest BCUT2D eigenvalue weighted by atomic mass is 32.1. The molecule has 0 atom stereocenters. The summed E-state index contributed by atoms with van der Waals surface area (Å²) < 4.78 is 21.5. The van der Waals surface area contributed by atoms with E-state index in [-0.39, 0.29) is 24.1 Å². The fourth-order valence-corrected chi connectivity index (χ4v) is 5.67. The highest BCUT2D eigenvalue weighted by Crippen LogP contribution is 2.27. The van der Waals surface area contributed by atoms with Crippen LogP contribution >= 0.6 is 11.3 Å². The van der Waals surface area contributed by atoms with Crippen molar-refractivity contribution < 1.29 is 18.4 Å². The molecule has 46 heavy (non-hydrogen) atoms. The normalized spacial score (nSPS) is 10.8. The second-order valence-corrected chi connectivity index (χ2v) is 11.5. The van der Waals surface area contributed by atoms with E-state index >= 15 is 0 Å². The van der Waals surface area contributed by atoms with Gasteiger partial charge in [-0.3, -0.25) is 9.59 Å². The van der Waals surface area contributed by atoms with Crippen LogP contribution in [0.15, 0.2) is 119 Å². The van der Waals surface area contributed by atoms with Crippen molar-refractivity contribution in [2.75, 3.05) is 11.4 Å². The smallest absolute Gasteiger partial charge is 0.287 e. The lowest BCUT2D eigenvalue weighted by molar-refractivity contribution is 0.0926. The van der Waals surface area contributed by atoms with Crippen LogP contribution in [0.1, 0.15) is 42.6 Å². The van der Waals surface area contributed by atoms with Gasteiger partial charge in [0, 0.05) is 41.0 Å². The number of aromatic nitrogens is 2. The minimum Gasteiger partial charge on any atom is -0.451 e. The molecule has 0 radical (unpaired) electrons. The van der Waals surface area contributed by atoms with Crippen LogP contribution in [0.2, 0.25) is 0 Å². The Morgan fingerprint density at radius 2 is 1.76 bits per heavy atom. The van der Waals surface area contributed by atoms with Gasteiger partial charge >= 0.3 is 0 Å². The fraction of sp³-hybridized carbons (Fsp3) is 0.111. The van der Waals surface area contributed by atoms with Crippen LogP contribution in [0.4, 0.5) is 10.1 Å². The third-order valence-electron chi connectivity index (χ3n) is 7.42. The van der Waals surface area contributed by atoms with Gasteiger partial charge in [-0.2, -0.15) is 5.26 Å². The van der Waals surface area contributed by atoms with Gasteiger partial charge in [-0.05, 0) is 96.2 Å². The fourth-order valence-electron chi connectivity index (χ4n) is 4.96. The Morgan fingerprint density at radius 1 is 0.978 bits per heavy atom. The van der Waals surface area contributed by atoms with Gasteiger partial charge in [0.15, 0.2) is 5.76 Å². The first-order valence-electron chi connectivity index (χ1n) is 14.5. The first-order valence-corrected chi connectivity index (χ1v) is 15.4. The first-order chi connectivity index (χ1) is 22.5. The molecule has 10 heteroatoms. The number of furan rings is 1. The molecule has 0 saturated heterocycles. The lowest BCUT2D eigenvalue weighted by Crippen LogP contribution is -2.31. The number of carbonyl (C=O) groups excluding carboxylic acids is 2. The van der Waals surface area contributed by atoms with Crippen LogP contribution in [0.3, 0.4) is 0 Å². The average Bonchev–Trinajstić information content (AvgIpc) is 3.88. The zero-order valence-electron chi connectivity index (χ0n) is 24.6. The quantitative estimate of drug-likeness (QED) is 0.165. The van der Waals surface area contributed by atoms with Gasteiger partial charge in [0.1, 0.15) is 11.6 Å². The van der Waals surface area contributed by atoms with Crippen LogP contribution in [-0.4, -0.2) is 27.9 Å². The molecule has 2 amide bonds.